The number of carboxylic acids is 1. The van der Waals surface area contributed by atoms with Gasteiger partial charge in [-0.15, -0.1) is 11.6 Å². The Labute approximate surface area is 198 Å². The summed E-state index contributed by atoms with van der Waals surface area (Å²) in [5, 5.41) is 11.5. The highest BCUT2D eigenvalue weighted by atomic mass is 35.5. The van der Waals surface area contributed by atoms with Crippen LogP contribution >= 0.6 is 23.2 Å². The predicted octanol–water partition coefficient (Wildman–Crippen LogP) is 7.43. The number of alkyl halides is 1. The van der Waals surface area contributed by atoms with Crippen LogP contribution in [0, 0.1) is 18.7 Å². The SMILES string of the molecule is Cc1ccc(CCC(=O)O)c(F)c1.Clc1ccc(OC[C@@H]2CCCC2Cl)c2ccccc12. The fraction of sp³-hybridized carbons (Fsp3) is 0.346. The molecule has 1 saturated carbocycles. The second-order valence-electron chi connectivity index (χ2n) is 8.10. The van der Waals surface area contributed by atoms with E-state index in [0.717, 1.165) is 33.5 Å². The van der Waals surface area contributed by atoms with Crippen molar-refractivity contribution in [2.45, 2.75) is 44.4 Å². The number of carboxylic acid groups (broad SMARTS) is 1. The van der Waals surface area contributed by atoms with E-state index in [1.807, 2.05) is 36.4 Å². The monoisotopic (exact) mass is 476 g/mol. The molecule has 3 aromatic carbocycles. The van der Waals surface area contributed by atoms with Crippen LogP contribution in [0.15, 0.2) is 54.6 Å². The summed E-state index contributed by atoms with van der Waals surface area (Å²) < 4.78 is 19.1. The first-order valence-electron chi connectivity index (χ1n) is 10.8. The Kier molecular flexibility index (Phi) is 8.77. The standard InChI is InChI=1S/C16H16Cl2O.C10H11FO2/c17-14-7-3-4-11(14)10-19-16-9-8-15(18)12-5-1-2-6-13(12)16;1-7-2-3-8(9(11)6-7)4-5-10(12)13/h1-2,5-6,8-9,11,14H,3-4,7,10H2;2-3,6H,4-5H2,1H3,(H,12,13)/t11-,14?;/m0./s1. The Morgan fingerprint density at radius 1 is 1.12 bits per heavy atom. The molecule has 0 saturated heterocycles. The predicted molar refractivity (Wildman–Crippen MR) is 129 cm³/mol. The Hall–Kier alpha value is -2.30. The van der Waals surface area contributed by atoms with Crippen LogP contribution in [0.2, 0.25) is 5.02 Å². The highest BCUT2D eigenvalue weighted by molar-refractivity contribution is 6.35. The zero-order valence-corrected chi connectivity index (χ0v) is 19.5. The molecule has 3 nitrogen and oxygen atoms in total. The minimum atomic E-state index is -0.903. The summed E-state index contributed by atoms with van der Waals surface area (Å²) in [4.78, 5) is 10.2. The Balaban J connectivity index is 0.000000195. The molecule has 1 aliphatic rings. The van der Waals surface area contributed by atoms with E-state index in [-0.39, 0.29) is 24.0 Å². The molecule has 0 radical (unpaired) electrons. The molecule has 0 aliphatic heterocycles. The van der Waals surface area contributed by atoms with E-state index in [0.29, 0.717) is 18.1 Å². The Morgan fingerprint density at radius 3 is 2.53 bits per heavy atom. The molecule has 170 valence electrons. The molecule has 4 rings (SSSR count). The fourth-order valence-corrected chi connectivity index (χ4v) is 4.41. The van der Waals surface area contributed by atoms with E-state index in [4.69, 9.17) is 33.0 Å². The lowest BCUT2D eigenvalue weighted by molar-refractivity contribution is -0.136. The third-order valence-corrected chi connectivity index (χ3v) is 6.57. The molecule has 0 spiro atoms. The van der Waals surface area contributed by atoms with Gasteiger partial charge in [0.2, 0.25) is 0 Å². The van der Waals surface area contributed by atoms with Gasteiger partial charge in [0.15, 0.2) is 0 Å². The fourth-order valence-electron chi connectivity index (χ4n) is 3.83. The van der Waals surface area contributed by atoms with Gasteiger partial charge in [-0.25, -0.2) is 4.39 Å². The summed E-state index contributed by atoms with van der Waals surface area (Å²) in [6.07, 6.45) is 3.71. The molecule has 0 amide bonds. The van der Waals surface area contributed by atoms with Gasteiger partial charge in [-0.1, -0.05) is 54.4 Å². The van der Waals surface area contributed by atoms with Crippen LogP contribution in [0.4, 0.5) is 4.39 Å². The minimum absolute atomic E-state index is 0.0278. The Morgan fingerprint density at radius 2 is 1.88 bits per heavy atom. The average Bonchev–Trinajstić information content (AvgIpc) is 3.18. The second-order valence-corrected chi connectivity index (χ2v) is 9.07. The van der Waals surface area contributed by atoms with Crippen molar-refractivity contribution in [3.8, 4) is 5.75 Å². The lowest BCUT2D eigenvalue weighted by Crippen LogP contribution is -2.16. The lowest BCUT2D eigenvalue weighted by Gasteiger charge is -2.16. The maximum atomic E-state index is 13.1. The van der Waals surface area contributed by atoms with Crippen molar-refractivity contribution in [2.75, 3.05) is 6.61 Å². The number of aryl methyl sites for hydroxylation is 2. The molecule has 0 aromatic heterocycles. The first-order valence-corrected chi connectivity index (χ1v) is 11.6. The van der Waals surface area contributed by atoms with Crippen LogP contribution in [0.3, 0.4) is 0 Å². The van der Waals surface area contributed by atoms with Crippen molar-refractivity contribution in [2.24, 2.45) is 5.92 Å². The number of halogens is 3. The van der Waals surface area contributed by atoms with E-state index >= 15 is 0 Å². The van der Waals surface area contributed by atoms with Crippen LogP contribution < -0.4 is 4.74 Å². The van der Waals surface area contributed by atoms with E-state index in [1.165, 1.54) is 18.9 Å². The quantitative estimate of drug-likeness (QED) is 0.376. The lowest BCUT2D eigenvalue weighted by atomic mass is 10.1. The molecule has 1 aliphatic carbocycles. The zero-order valence-electron chi connectivity index (χ0n) is 18.0. The zero-order chi connectivity index (χ0) is 23.1. The van der Waals surface area contributed by atoms with E-state index < -0.39 is 5.97 Å². The van der Waals surface area contributed by atoms with Gasteiger partial charge in [-0.2, -0.15) is 0 Å². The van der Waals surface area contributed by atoms with Gasteiger partial charge in [0.1, 0.15) is 11.6 Å². The molecular weight excluding hydrogens is 450 g/mol. The van der Waals surface area contributed by atoms with Gasteiger partial charge in [-0.05, 0) is 55.5 Å². The second kappa shape index (κ2) is 11.5. The first-order chi connectivity index (χ1) is 15.3. The van der Waals surface area contributed by atoms with Gasteiger partial charge in [0.05, 0.1) is 6.61 Å². The van der Waals surface area contributed by atoms with Gasteiger partial charge >= 0.3 is 5.97 Å². The van der Waals surface area contributed by atoms with Gasteiger partial charge < -0.3 is 9.84 Å². The number of ether oxygens (including phenoxy) is 1. The van der Waals surface area contributed by atoms with Crippen molar-refractivity contribution in [3.05, 3.63) is 76.6 Å². The summed E-state index contributed by atoms with van der Waals surface area (Å²) in [7, 11) is 0. The van der Waals surface area contributed by atoms with Crippen molar-refractivity contribution >= 4 is 39.9 Å². The Bertz CT molecular complexity index is 1070. The van der Waals surface area contributed by atoms with Crippen LogP contribution in [-0.4, -0.2) is 23.1 Å². The number of fused-ring (bicyclic) bond motifs is 1. The number of aliphatic carboxylic acids is 1. The van der Waals surface area contributed by atoms with Gasteiger partial charge in [0.25, 0.3) is 0 Å². The summed E-state index contributed by atoms with van der Waals surface area (Å²) >= 11 is 12.5. The normalized spacial score (nSPS) is 17.6. The first kappa shape index (κ1) is 24.3. The molecular formula is C26H27Cl2FO3. The molecule has 1 unspecified atom stereocenters. The number of carbonyl (C=O) groups is 1. The van der Waals surface area contributed by atoms with Gasteiger partial charge in [0, 0.05) is 33.5 Å². The van der Waals surface area contributed by atoms with Crippen LogP contribution in [0.1, 0.15) is 36.8 Å². The molecule has 0 bridgehead atoms. The van der Waals surface area contributed by atoms with Crippen LogP contribution in [0.5, 0.6) is 5.75 Å². The average molecular weight is 477 g/mol. The highest BCUT2D eigenvalue weighted by Gasteiger charge is 2.26. The summed E-state index contributed by atoms with van der Waals surface area (Å²) in [6.45, 7) is 2.49. The smallest absolute Gasteiger partial charge is 0.303 e. The molecule has 6 heteroatoms. The topological polar surface area (TPSA) is 46.5 Å². The minimum Gasteiger partial charge on any atom is -0.493 e. The number of benzene rings is 3. The largest absolute Gasteiger partial charge is 0.493 e. The van der Waals surface area contributed by atoms with Crippen molar-refractivity contribution in [1.29, 1.82) is 0 Å². The van der Waals surface area contributed by atoms with Crippen molar-refractivity contribution in [3.63, 3.8) is 0 Å². The summed E-state index contributed by atoms with van der Waals surface area (Å²) in [5.41, 5.74) is 1.31. The number of rotatable bonds is 6. The van der Waals surface area contributed by atoms with Gasteiger partial charge in [-0.3, -0.25) is 4.79 Å². The molecule has 2 atom stereocenters. The van der Waals surface area contributed by atoms with Crippen molar-refractivity contribution in [1.82, 2.24) is 0 Å². The third kappa shape index (κ3) is 6.60. The van der Waals surface area contributed by atoms with E-state index in [2.05, 4.69) is 0 Å². The maximum absolute atomic E-state index is 13.1. The van der Waals surface area contributed by atoms with E-state index in [1.54, 1.807) is 19.1 Å². The summed E-state index contributed by atoms with van der Waals surface area (Å²) in [5.74, 6) is 0.146. The maximum Gasteiger partial charge on any atom is 0.303 e. The molecule has 1 fully saturated rings. The van der Waals surface area contributed by atoms with Crippen LogP contribution in [-0.2, 0) is 11.2 Å². The highest BCUT2D eigenvalue weighted by Crippen LogP contribution is 2.34. The molecule has 0 heterocycles. The summed E-state index contributed by atoms with van der Waals surface area (Å²) in [6, 6.07) is 16.7. The molecule has 32 heavy (non-hydrogen) atoms. The van der Waals surface area contributed by atoms with E-state index in [9.17, 15) is 9.18 Å². The van der Waals surface area contributed by atoms with Crippen molar-refractivity contribution < 1.29 is 19.0 Å². The van der Waals surface area contributed by atoms with Crippen LogP contribution in [0.25, 0.3) is 10.8 Å². The molecule has 1 N–H and O–H groups in total. The number of hydrogen-bond donors (Lipinski definition) is 1. The number of hydrogen-bond acceptors (Lipinski definition) is 2. The third-order valence-electron chi connectivity index (χ3n) is 5.67. The molecule has 3 aromatic rings.